The minimum Gasteiger partial charge on any atom is -0.345 e. The minimum absolute atomic E-state index is 0. The fraction of sp³-hybridized carbons (Fsp3) is 0.438. The van der Waals surface area contributed by atoms with Crippen molar-refractivity contribution >= 4 is 22.9 Å². The predicted molar refractivity (Wildman–Crippen MR) is 89.3 cm³/mol. The number of likely N-dealkylation sites (tertiary alicyclic amines) is 1. The van der Waals surface area contributed by atoms with Gasteiger partial charge in [0.05, 0.1) is 17.8 Å². The quantitative estimate of drug-likeness (QED) is 0.581. The maximum atomic E-state index is 12.0. The predicted octanol–water partition coefficient (Wildman–Crippen LogP) is 1.31. The van der Waals surface area contributed by atoms with Gasteiger partial charge in [-0.3, -0.25) is 20.2 Å². The number of carbonyl (C=O) groups excluding carboxylic acids is 1. The van der Waals surface area contributed by atoms with Crippen LogP contribution in [0.2, 0.25) is 0 Å². The number of aromatic amines is 1. The zero-order chi connectivity index (χ0) is 17.3. The molecule has 2 aromatic rings. The second-order valence-electron chi connectivity index (χ2n) is 5.98. The van der Waals surface area contributed by atoms with Crippen LogP contribution in [-0.2, 0) is 4.79 Å². The van der Waals surface area contributed by atoms with Gasteiger partial charge in [-0.2, -0.15) is 5.26 Å². The highest BCUT2D eigenvalue weighted by Gasteiger charge is 2.37. The van der Waals surface area contributed by atoms with Crippen LogP contribution < -0.4 is 5.49 Å². The molecule has 0 radical (unpaired) electrons. The summed E-state index contributed by atoms with van der Waals surface area (Å²) in [4.78, 5) is 20.8. The zero-order valence-corrected chi connectivity index (χ0v) is 13.4. The molecule has 0 saturated carbocycles. The van der Waals surface area contributed by atoms with E-state index in [0.717, 1.165) is 6.42 Å². The number of fused-ring (bicyclic) bond motifs is 1. The molecule has 0 aliphatic carbocycles. The fourth-order valence-electron chi connectivity index (χ4n) is 3.35. The summed E-state index contributed by atoms with van der Waals surface area (Å²) < 4.78 is 1.57. The van der Waals surface area contributed by atoms with Crippen LogP contribution in [0.5, 0.6) is 0 Å². The third kappa shape index (κ3) is 2.58. The Morgan fingerprint density at radius 1 is 1.58 bits per heavy atom. The maximum absolute atomic E-state index is 12.0. The van der Waals surface area contributed by atoms with Crippen molar-refractivity contribution in [2.24, 2.45) is 11.8 Å². The molecule has 3 heterocycles. The number of H-pyrrole nitrogens is 1. The van der Waals surface area contributed by atoms with E-state index in [0.29, 0.717) is 30.1 Å². The first-order chi connectivity index (χ1) is 11.6. The third-order valence-corrected chi connectivity index (χ3v) is 4.64. The van der Waals surface area contributed by atoms with Crippen LogP contribution in [0.25, 0.3) is 11.2 Å². The van der Waals surface area contributed by atoms with Gasteiger partial charge in [-0.15, -0.1) is 0 Å². The van der Waals surface area contributed by atoms with Crippen LogP contribution in [-0.4, -0.2) is 44.3 Å². The van der Waals surface area contributed by atoms with Crippen LogP contribution in [0.4, 0.5) is 0 Å². The third-order valence-electron chi connectivity index (χ3n) is 4.64. The lowest BCUT2D eigenvalue weighted by molar-refractivity contribution is -0.129. The molecule has 3 N–H and O–H groups in total. The second-order valence-corrected chi connectivity index (χ2v) is 5.98. The molecule has 2 atom stereocenters. The zero-order valence-electron chi connectivity index (χ0n) is 13.4. The summed E-state index contributed by atoms with van der Waals surface area (Å²) in [6.45, 7) is 3.01. The standard InChI is InChI=1S/C16H19N7O.H2/c1-2-10-8-22(14(24)3-5-17)9-11(10)15(19)23-12-4-6-20-16(12)21-7-13(23)18;/h4,6-7,10-11,18-20H,2-3,8-9H2,1H3;1H/t10-,11+;/m1./s1. The number of hydrogen-bond donors (Lipinski definition) is 3. The Kier molecular flexibility index (Phi) is 4.16. The summed E-state index contributed by atoms with van der Waals surface area (Å²) >= 11 is 0. The average Bonchev–Trinajstić information content (AvgIpc) is 3.20. The molecule has 126 valence electrons. The average molecular weight is 327 g/mol. The number of aromatic nitrogens is 3. The van der Waals surface area contributed by atoms with Crippen molar-refractivity contribution in [1.29, 1.82) is 16.1 Å². The van der Waals surface area contributed by atoms with Crippen LogP contribution in [0, 0.1) is 34.0 Å². The molecule has 0 bridgehead atoms. The SMILES string of the molecule is CC[C@@H]1CN(C(=O)CC#N)C[C@@H]1C(=N)n1c(=N)cnc2[nH]ccc21.[HH]. The Labute approximate surface area is 140 Å². The smallest absolute Gasteiger partial charge is 0.236 e. The normalized spacial score (nSPS) is 20.2. The van der Waals surface area contributed by atoms with Crippen molar-refractivity contribution in [3.63, 3.8) is 0 Å². The van der Waals surface area contributed by atoms with E-state index in [1.165, 1.54) is 6.20 Å². The number of hydrogen-bond acceptors (Lipinski definition) is 5. The van der Waals surface area contributed by atoms with Crippen LogP contribution in [0.3, 0.4) is 0 Å². The molecule has 1 fully saturated rings. The van der Waals surface area contributed by atoms with Gasteiger partial charge in [0.15, 0.2) is 5.65 Å². The first kappa shape index (κ1) is 15.9. The molecule has 24 heavy (non-hydrogen) atoms. The number of nitriles is 1. The summed E-state index contributed by atoms with van der Waals surface area (Å²) in [7, 11) is 0. The molecular weight excluding hydrogens is 306 g/mol. The van der Waals surface area contributed by atoms with Gasteiger partial charge in [0.25, 0.3) is 0 Å². The highest BCUT2D eigenvalue weighted by Crippen LogP contribution is 2.28. The summed E-state index contributed by atoms with van der Waals surface area (Å²) in [5, 5.41) is 25.5. The van der Waals surface area contributed by atoms with Gasteiger partial charge in [0.1, 0.15) is 17.7 Å². The van der Waals surface area contributed by atoms with Crippen molar-refractivity contribution in [3.8, 4) is 6.07 Å². The Morgan fingerprint density at radius 2 is 2.38 bits per heavy atom. The molecule has 1 saturated heterocycles. The van der Waals surface area contributed by atoms with E-state index in [4.69, 9.17) is 16.1 Å². The van der Waals surface area contributed by atoms with Gasteiger partial charge < -0.3 is 9.88 Å². The van der Waals surface area contributed by atoms with Crippen LogP contribution in [0.15, 0.2) is 18.5 Å². The monoisotopic (exact) mass is 327 g/mol. The van der Waals surface area contributed by atoms with E-state index >= 15 is 0 Å². The lowest BCUT2D eigenvalue weighted by atomic mass is 9.92. The van der Waals surface area contributed by atoms with Crippen molar-refractivity contribution < 1.29 is 6.22 Å². The first-order valence-electron chi connectivity index (χ1n) is 7.90. The number of nitrogens with zero attached hydrogens (tertiary/aromatic N) is 4. The van der Waals surface area contributed by atoms with Gasteiger partial charge in [-0.1, -0.05) is 13.3 Å². The highest BCUT2D eigenvalue weighted by molar-refractivity contribution is 5.92. The van der Waals surface area contributed by atoms with E-state index in [1.807, 2.05) is 13.0 Å². The van der Waals surface area contributed by atoms with E-state index in [2.05, 4.69) is 9.97 Å². The van der Waals surface area contributed by atoms with Crippen molar-refractivity contribution in [2.75, 3.05) is 13.1 Å². The molecule has 1 aliphatic heterocycles. The van der Waals surface area contributed by atoms with Crippen molar-refractivity contribution in [2.45, 2.75) is 19.8 Å². The Balaban J connectivity index is 0.00000225. The van der Waals surface area contributed by atoms with Crippen LogP contribution >= 0.6 is 0 Å². The Hall–Kier alpha value is -2.95. The van der Waals surface area contributed by atoms with Crippen molar-refractivity contribution in [3.05, 3.63) is 23.9 Å². The summed E-state index contributed by atoms with van der Waals surface area (Å²) in [5.41, 5.74) is 1.45. The summed E-state index contributed by atoms with van der Waals surface area (Å²) in [6, 6.07) is 3.69. The molecule has 8 heteroatoms. The topological polar surface area (TPSA) is 125 Å². The second kappa shape index (κ2) is 6.28. The Bertz CT molecular complexity index is 894. The number of rotatable bonds is 3. The number of amides is 1. The highest BCUT2D eigenvalue weighted by atomic mass is 16.2. The molecule has 1 amide bonds. The molecule has 1 aliphatic rings. The first-order valence-corrected chi connectivity index (χ1v) is 7.90. The van der Waals surface area contributed by atoms with Gasteiger partial charge in [-0.05, 0) is 12.0 Å². The lowest BCUT2D eigenvalue weighted by Crippen LogP contribution is -2.36. The van der Waals surface area contributed by atoms with E-state index in [9.17, 15) is 4.79 Å². The largest absolute Gasteiger partial charge is 0.345 e. The molecule has 3 rings (SSSR count). The Morgan fingerprint density at radius 3 is 3.08 bits per heavy atom. The van der Waals surface area contributed by atoms with E-state index in [1.54, 1.807) is 21.7 Å². The summed E-state index contributed by atoms with van der Waals surface area (Å²) in [6.07, 6.45) is 3.85. The number of carbonyl (C=O) groups is 1. The molecule has 8 nitrogen and oxygen atoms in total. The molecule has 2 aromatic heterocycles. The molecule has 0 unspecified atom stereocenters. The molecular formula is C16H21N7O. The van der Waals surface area contributed by atoms with Gasteiger partial charge in [0, 0.05) is 26.6 Å². The van der Waals surface area contributed by atoms with Crippen molar-refractivity contribution in [1.82, 2.24) is 19.4 Å². The van der Waals surface area contributed by atoms with Gasteiger partial charge in [0.2, 0.25) is 5.91 Å². The van der Waals surface area contributed by atoms with Crippen LogP contribution in [0.1, 0.15) is 21.2 Å². The lowest BCUT2D eigenvalue weighted by Gasteiger charge is -2.20. The molecule has 0 aromatic carbocycles. The summed E-state index contributed by atoms with van der Waals surface area (Å²) in [5.74, 6) is 0.0939. The number of nitrogens with one attached hydrogen (secondary N) is 3. The van der Waals surface area contributed by atoms with E-state index < -0.39 is 0 Å². The maximum Gasteiger partial charge on any atom is 0.236 e. The van der Waals surface area contributed by atoms with Gasteiger partial charge >= 0.3 is 0 Å². The minimum atomic E-state index is -0.191. The fourth-order valence-corrected chi connectivity index (χ4v) is 3.35. The molecule has 0 spiro atoms. The van der Waals surface area contributed by atoms with Gasteiger partial charge in [-0.25, -0.2) is 4.98 Å². The van der Waals surface area contributed by atoms with E-state index in [-0.39, 0.29) is 31.1 Å².